The lowest BCUT2D eigenvalue weighted by atomic mass is 10.2. The summed E-state index contributed by atoms with van der Waals surface area (Å²) in [5.74, 6) is 0.419. The van der Waals surface area contributed by atoms with Crippen LogP contribution in [0.5, 0.6) is 5.75 Å². The van der Waals surface area contributed by atoms with Gasteiger partial charge in [-0.3, -0.25) is 9.69 Å². The first-order valence-electron chi connectivity index (χ1n) is 7.72. The van der Waals surface area contributed by atoms with Crippen LogP contribution in [0, 0.1) is 0 Å². The number of hydrogen-bond acceptors (Lipinski definition) is 4. The number of piperazine rings is 1. The molecule has 0 aliphatic carbocycles. The molecule has 1 saturated heterocycles. The van der Waals surface area contributed by atoms with Crippen molar-refractivity contribution in [3.8, 4) is 5.75 Å². The largest absolute Gasteiger partial charge is 0.508 e. The van der Waals surface area contributed by atoms with Crippen LogP contribution in [0.3, 0.4) is 0 Å². The van der Waals surface area contributed by atoms with Gasteiger partial charge in [-0.2, -0.15) is 0 Å². The molecule has 1 aromatic rings. The summed E-state index contributed by atoms with van der Waals surface area (Å²) < 4.78 is 0. The van der Waals surface area contributed by atoms with E-state index in [2.05, 4.69) is 22.0 Å². The van der Waals surface area contributed by atoms with Gasteiger partial charge in [0.2, 0.25) is 5.91 Å². The Labute approximate surface area is 126 Å². The van der Waals surface area contributed by atoms with Gasteiger partial charge in [-0.05, 0) is 30.7 Å². The van der Waals surface area contributed by atoms with Crippen LogP contribution in [0.15, 0.2) is 24.3 Å². The highest BCUT2D eigenvalue weighted by Gasteiger charge is 2.18. The molecule has 2 rings (SSSR count). The van der Waals surface area contributed by atoms with Crippen molar-refractivity contribution < 1.29 is 9.90 Å². The Morgan fingerprint density at radius 1 is 1.19 bits per heavy atom. The van der Waals surface area contributed by atoms with Gasteiger partial charge >= 0.3 is 0 Å². The summed E-state index contributed by atoms with van der Waals surface area (Å²) in [6, 6.07) is 7.29. The van der Waals surface area contributed by atoms with E-state index in [9.17, 15) is 9.90 Å². The summed E-state index contributed by atoms with van der Waals surface area (Å²) >= 11 is 0. The highest BCUT2D eigenvalue weighted by molar-refractivity contribution is 5.78. The predicted molar refractivity (Wildman–Crippen MR) is 84.7 cm³/mol. The maximum Gasteiger partial charge on any atom is 0.234 e. The van der Waals surface area contributed by atoms with E-state index in [0.29, 0.717) is 12.3 Å². The fourth-order valence-corrected chi connectivity index (χ4v) is 2.49. The Balaban J connectivity index is 1.73. The number of aromatic hydroxyl groups is 1. The second kappa shape index (κ2) is 7.88. The lowest BCUT2D eigenvalue weighted by molar-refractivity contribution is -0.122. The quantitative estimate of drug-likeness (QED) is 0.779. The number of phenolic OH excluding ortho intramolecular Hbond substituents is 1. The van der Waals surface area contributed by atoms with E-state index in [1.165, 1.54) is 0 Å². The van der Waals surface area contributed by atoms with Crippen molar-refractivity contribution in [1.82, 2.24) is 10.2 Å². The minimum atomic E-state index is 0.126. The number of nitrogens with zero attached hydrogens (tertiary/aromatic N) is 2. The predicted octanol–water partition coefficient (Wildman–Crippen LogP) is 1.43. The lowest BCUT2D eigenvalue weighted by Gasteiger charge is -2.35. The fraction of sp³-hybridized carbons (Fsp3) is 0.562. The molecule has 0 radical (unpaired) electrons. The fourth-order valence-electron chi connectivity index (χ4n) is 2.49. The van der Waals surface area contributed by atoms with Crippen LogP contribution in [-0.2, 0) is 4.79 Å². The van der Waals surface area contributed by atoms with Gasteiger partial charge in [-0.1, -0.05) is 13.3 Å². The molecule has 21 heavy (non-hydrogen) atoms. The van der Waals surface area contributed by atoms with E-state index in [-0.39, 0.29) is 5.91 Å². The molecule has 5 heteroatoms. The number of nitrogens with one attached hydrogen (secondary N) is 1. The molecule has 1 amide bonds. The first-order chi connectivity index (χ1) is 10.2. The summed E-state index contributed by atoms with van der Waals surface area (Å²) in [5.41, 5.74) is 1.12. The zero-order valence-electron chi connectivity index (χ0n) is 12.7. The van der Waals surface area contributed by atoms with Gasteiger partial charge in [0.15, 0.2) is 0 Å². The van der Waals surface area contributed by atoms with Gasteiger partial charge in [-0.25, -0.2) is 0 Å². The van der Waals surface area contributed by atoms with Crippen molar-refractivity contribution in [2.24, 2.45) is 0 Å². The first-order valence-corrected chi connectivity index (χ1v) is 7.72. The average Bonchev–Trinajstić information content (AvgIpc) is 2.49. The maximum atomic E-state index is 11.8. The third kappa shape index (κ3) is 4.93. The molecule has 1 aliphatic heterocycles. The number of benzene rings is 1. The molecule has 5 nitrogen and oxygen atoms in total. The molecule has 0 atom stereocenters. The summed E-state index contributed by atoms with van der Waals surface area (Å²) in [4.78, 5) is 16.3. The molecule has 2 N–H and O–H groups in total. The number of rotatable bonds is 6. The molecule has 1 fully saturated rings. The Hall–Kier alpha value is -1.75. The van der Waals surface area contributed by atoms with Crippen molar-refractivity contribution in [2.45, 2.75) is 19.8 Å². The minimum Gasteiger partial charge on any atom is -0.508 e. The molecule has 0 aromatic heterocycles. The van der Waals surface area contributed by atoms with Crippen LogP contribution in [-0.4, -0.2) is 55.2 Å². The van der Waals surface area contributed by atoms with Gasteiger partial charge in [0.05, 0.1) is 6.54 Å². The normalized spacial score (nSPS) is 16.0. The standard InChI is InChI=1S/C16H25N3O2/c1-2-3-8-17-16(21)13-18-9-11-19(12-10-18)14-4-6-15(20)7-5-14/h4-7,20H,2-3,8-13H2,1H3,(H,17,21). The van der Waals surface area contributed by atoms with Crippen LogP contribution in [0.4, 0.5) is 5.69 Å². The Kier molecular flexibility index (Phi) is 5.87. The topological polar surface area (TPSA) is 55.8 Å². The van der Waals surface area contributed by atoms with Crippen LogP contribution < -0.4 is 10.2 Å². The summed E-state index contributed by atoms with van der Waals surface area (Å²) in [6.45, 7) is 6.99. The van der Waals surface area contributed by atoms with Gasteiger partial charge in [-0.15, -0.1) is 0 Å². The van der Waals surface area contributed by atoms with Gasteiger partial charge in [0.1, 0.15) is 5.75 Å². The molecule has 0 saturated carbocycles. The minimum absolute atomic E-state index is 0.126. The van der Waals surface area contributed by atoms with Crippen molar-refractivity contribution in [2.75, 3.05) is 44.2 Å². The number of carbonyl (C=O) groups excluding carboxylic acids is 1. The second-order valence-corrected chi connectivity index (χ2v) is 5.48. The van der Waals surface area contributed by atoms with Crippen LogP contribution in [0.25, 0.3) is 0 Å². The third-order valence-corrected chi connectivity index (χ3v) is 3.81. The number of carbonyl (C=O) groups is 1. The molecule has 116 valence electrons. The molecule has 0 unspecified atom stereocenters. The highest BCUT2D eigenvalue weighted by atomic mass is 16.3. The monoisotopic (exact) mass is 291 g/mol. The van der Waals surface area contributed by atoms with Crippen LogP contribution in [0.2, 0.25) is 0 Å². The van der Waals surface area contributed by atoms with E-state index in [4.69, 9.17) is 0 Å². The zero-order chi connectivity index (χ0) is 15.1. The summed E-state index contributed by atoms with van der Waals surface area (Å²) in [6.07, 6.45) is 2.14. The van der Waals surface area contributed by atoms with E-state index in [1.54, 1.807) is 12.1 Å². The van der Waals surface area contributed by atoms with Crippen molar-refractivity contribution in [3.63, 3.8) is 0 Å². The molecule has 1 aromatic carbocycles. The lowest BCUT2D eigenvalue weighted by Crippen LogP contribution is -2.49. The number of hydrogen-bond donors (Lipinski definition) is 2. The van der Waals surface area contributed by atoms with Crippen molar-refractivity contribution in [3.05, 3.63) is 24.3 Å². The SMILES string of the molecule is CCCCNC(=O)CN1CCN(c2ccc(O)cc2)CC1. The third-order valence-electron chi connectivity index (χ3n) is 3.81. The number of unbranched alkanes of at least 4 members (excludes halogenated alkanes) is 1. The first kappa shape index (κ1) is 15.6. The summed E-state index contributed by atoms with van der Waals surface area (Å²) in [5, 5.41) is 12.3. The van der Waals surface area contributed by atoms with Crippen molar-refractivity contribution >= 4 is 11.6 Å². The maximum absolute atomic E-state index is 11.8. The second-order valence-electron chi connectivity index (χ2n) is 5.48. The summed E-state index contributed by atoms with van der Waals surface area (Å²) in [7, 11) is 0. The van der Waals surface area contributed by atoms with E-state index >= 15 is 0 Å². The number of amides is 1. The molecular formula is C16H25N3O2. The molecule has 1 heterocycles. The molecule has 1 aliphatic rings. The number of phenols is 1. The van der Waals surface area contributed by atoms with E-state index in [0.717, 1.165) is 51.3 Å². The van der Waals surface area contributed by atoms with E-state index < -0.39 is 0 Å². The van der Waals surface area contributed by atoms with Gasteiger partial charge in [0, 0.05) is 38.4 Å². The Morgan fingerprint density at radius 2 is 1.86 bits per heavy atom. The van der Waals surface area contributed by atoms with Gasteiger partial charge in [0.25, 0.3) is 0 Å². The molecule has 0 bridgehead atoms. The van der Waals surface area contributed by atoms with Crippen LogP contribution >= 0.6 is 0 Å². The average molecular weight is 291 g/mol. The number of anilines is 1. The Morgan fingerprint density at radius 3 is 2.48 bits per heavy atom. The molecule has 0 spiro atoms. The molecular weight excluding hydrogens is 266 g/mol. The zero-order valence-corrected chi connectivity index (χ0v) is 12.7. The van der Waals surface area contributed by atoms with Gasteiger partial charge < -0.3 is 15.3 Å². The Bertz CT molecular complexity index is 439. The highest BCUT2D eigenvalue weighted by Crippen LogP contribution is 2.19. The van der Waals surface area contributed by atoms with Crippen LogP contribution in [0.1, 0.15) is 19.8 Å². The van der Waals surface area contributed by atoms with Crippen molar-refractivity contribution in [1.29, 1.82) is 0 Å². The smallest absolute Gasteiger partial charge is 0.234 e. The van der Waals surface area contributed by atoms with E-state index in [1.807, 2.05) is 12.1 Å².